The molecule has 0 aliphatic carbocycles. The van der Waals surface area contributed by atoms with Crippen molar-refractivity contribution in [2.45, 2.75) is 6.61 Å². The van der Waals surface area contributed by atoms with E-state index >= 15 is 0 Å². The van der Waals surface area contributed by atoms with Crippen LogP contribution in [0.15, 0.2) is 53.0 Å². The van der Waals surface area contributed by atoms with Crippen molar-refractivity contribution in [2.75, 3.05) is 0 Å². The maximum absolute atomic E-state index is 13.3. The summed E-state index contributed by atoms with van der Waals surface area (Å²) < 4.78 is 19.3. The SMILES string of the molecule is O=C(OCc1cccc(Br)c1)c1ccccc1F. The molecule has 0 bridgehead atoms. The van der Waals surface area contributed by atoms with Gasteiger partial charge in [0, 0.05) is 4.47 Å². The van der Waals surface area contributed by atoms with Crippen LogP contribution in [0, 0.1) is 5.82 Å². The third kappa shape index (κ3) is 3.17. The minimum atomic E-state index is -0.659. The van der Waals surface area contributed by atoms with Gasteiger partial charge in [0.05, 0.1) is 5.56 Å². The van der Waals surface area contributed by atoms with Crippen molar-refractivity contribution in [3.63, 3.8) is 0 Å². The largest absolute Gasteiger partial charge is 0.457 e. The molecule has 4 heteroatoms. The van der Waals surface area contributed by atoms with Gasteiger partial charge in [-0.1, -0.05) is 40.2 Å². The number of esters is 1. The summed E-state index contributed by atoms with van der Waals surface area (Å²) in [6, 6.07) is 13.2. The van der Waals surface area contributed by atoms with Crippen LogP contribution < -0.4 is 0 Å². The van der Waals surface area contributed by atoms with Crippen molar-refractivity contribution < 1.29 is 13.9 Å². The van der Waals surface area contributed by atoms with Gasteiger partial charge in [0.2, 0.25) is 0 Å². The Morgan fingerprint density at radius 2 is 1.94 bits per heavy atom. The van der Waals surface area contributed by atoms with E-state index in [4.69, 9.17) is 4.74 Å². The van der Waals surface area contributed by atoms with E-state index in [0.717, 1.165) is 10.0 Å². The topological polar surface area (TPSA) is 26.3 Å². The van der Waals surface area contributed by atoms with Crippen molar-refractivity contribution in [3.05, 3.63) is 69.9 Å². The number of hydrogen-bond donors (Lipinski definition) is 0. The molecule has 2 aromatic rings. The molecule has 0 amide bonds. The van der Waals surface area contributed by atoms with E-state index in [-0.39, 0.29) is 12.2 Å². The quantitative estimate of drug-likeness (QED) is 0.803. The van der Waals surface area contributed by atoms with E-state index in [1.54, 1.807) is 6.07 Å². The van der Waals surface area contributed by atoms with E-state index in [9.17, 15) is 9.18 Å². The Morgan fingerprint density at radius 1 is 1.17 bits per heavy atom. The fraction of sp³-hybridized carbons (Fsp3) is 0.0714. The Kier molecular flexibility index (Phi) is 4.10. The number of carbonyl (C=O) groups is 1. The van der Waals surface area contributed by atoms with Crippen molar-refractivity contribution in [1.29, 1.82) is 0 Å². The van der Waals surface area contributed by atoms with Crippen LogP contribution in [0.25, 0.3) is 0 Å². The summed E-state index contributed by atoms with van der Waals surface area (Å²) >= 11 is 3.33. The van der Waals surface area contributed by atoms with Crippen LogP contribution in [0.4, 0.5) is 4.39 Å². The third-order valence-electron chi connectivity index (χ3n) is 2.35. The Hall–Kier alpha value is -1.68. The summed E-state index contributed by atoms with van der Waals surface area (Å²) in [5.74, 6) is -1.23. The van der Waals surface area contributed by atoms with Crippen LogP contribution in [0.5, 0.6) is 0 Å². The normalized spacial score (nSPS) is 10.1. The van der Waals surface area contributed by atoms with Gasteiger partial charge in [-0.15, -0.1) is 0 Å². The van der Waals surface area contributed by atoms with Gasteiger partial charge < -0.3 is 4.74 Å². The number of halogens is 2. The van der Waals surface area contributed by atoms with Crippen molar-refractivity contribution >= 4 is 21.9 Å². The van der Waals surface area contributed by atoms with Gasteiger partial charge in [-0.3, -0.25) is 0 Å². The zero-order valence-corrected chi connectivity index (χ0v) is 11.0. The molecule has 2 rings (SSSR count). The molecule has 0 aromatic heterocycles. The molecular formula is C14H10BrFO2. The molecular weight excluding hydrogens is 299 g/mol. The Bertz CT molecular complexity index is 569. The second kappa shape index (κ2) is 5.78. The highest BCUT2D eigenvalue weighted by Gasteiger charge is 2.12. The smallest absolute Gasteiger partial charge is 0.341 e. The molecule has 0 saturated carbocycles. The summed E-state index contributed by atoms with van der Waals surface area (Å²) in [6.07, 6.45) is 0. The van der Waals surface area contributed by atoms with Gasteiger partial charge in [0.1, 0.15) is 12.4 Å². The minimum absolute atomic E-state index is 0.0486. The molecule has 2 nitrogen and oxygen atoms in total. The zero-order valence-electron chi connectivity index (χ0n) is 9.40. The first-order valence-electron chi connectivity index (χ1n) is 5.33. The van der Waals surface area contributed by atoms with E-state index in [2.05, 4.69) is 15.9 Å². The average Bonchev–Trinajstić information content (AvgIpc) is 2.37. The van der Waals surface area contributed by atoms with Crippen LogP contribution in [-0.4, -0.2) is 5.97 Å². The second-order valence-electron chi connectivity index (χ2n) is 3.69. The third-order valence-corrected chi connectivity index (χ3v) is 2.85. The lowest BCUT2D eigenvalue weighted by Crippen LogP contribution is -2.07. The molecule has 92 valence electrons. The van der Waals surface area contributed by atoms with Gasteiger partial charge in [-0.2, -0.15) is 0 Å². The van der Waals surface area contributed by atoms with E-state index in [1.165, 1.54) is 18.2 Å². The van der Waals surface area contributed by atoms with Crippen LogP contribution in [0.1, 0.15) is 15.9 Å². The fourth-order valence-electron chi connectivity index (χ4n) is 1.48. The van der Waals surface area contributed by atoms with Gasteiger partial charge in [-0.05, 0) is 29.8 Å². The van der Waals surface area contributed by atoms with Crippen molar-refractivity contribution in [2.24, 2.45) is 0 Å². The first-order valence-corrected chi connectivity index (χ1v) is 6.12. The summed E-state index contributed by atoms with van der Waals surface area (Å²) in [4.78, 5) is 11.6. The maximum Gasteiger partial charge on any atom is 0.341 e. The van der Waals surface area contributed by atoms with E-state index < -0.39 is 11.8 Å². The lowest BCUT2D eigenvalue weighted by atomic mass is 10.2. The highest BCUT2D eigenvalue weighted by atomic mass is 79.9. The van der Waals surface area contributed by atoms with Gasteiger partial charge in [0.25, 0.3) is 0 Å². The number of carbonyl (C=O) groups excluding carboxylic acids is 1. The van der Waals surface area contributed by atoms with Gasteiger partial charge >= 0.3 is 5.97 Å². The van der Waals surface area contributed by atoms with Crippen LogP contribution >= 0.6 is 15.9 Å². The number of benzene rings is 2. The Morgan fingerprint density at radius 3 is 2.67 bits per heavy atom. The summed E-state index contributed by atoms with van der Waals surface area (Å²) in [6.45, 7) is 0.118. The predicted octanol–water partition coefficient (Wildman–Crippen LogP) is 3.95. The van der Waals surface area contributed by atoms with Gasteiger partial charge in [-0.25, -0.2) is 9.18 Å². The van der Waals surface area contributed by atoms with Crippen molar-refractivity contribution in [3.8, 4) is 0 Å². The number of rotatable bonds is 3. The summed E-state index contributed by atoms with van der Waals surface area (Å²) in [5.41, 5.74) is 0.793. The second-order valence-corrected chi connectivity index (χ2v) is 4.60. The standard InChI is InChI=1S/C14H10BrFO2/c15-11-5-3-4-10(8-11)9-18-14(17)12-6-1-2-7-13(12)16/h1-8H,9H2. The molecule has 0 radical (unpaired) electrons. The maximum atomic E-state index is 13.3. The predicted molar refractivity (Wildman–Crippen MR) is 69.7 cm³/mol. The van der Waals surface area contributed by atoms with Crippen molar-refractivity contribution in [1.82, 2.24) is 0 Å². The monoisotopic (exact) mass is 308 g/mol. The van der Waals surface area contributed by atoms with Crippen LogP contribution in [0.3, 0.4) is 0 Å². The molecule has 0 heterocycles. The molecule has 0 aliphatic rings. The fourth-order valence-corrected chi connectivity index (χ4v) is 1.93. The summed E-state index contributed by atoms with van der Waals surface area (Å²) in [7, 11) is 0. The molecule has 0 unspecified atom stereocenters. The Balaban J connectivity index is 2.03. The molecule has 0 saturated heterocycles. The zero-order chi connectivity index (χ0) is 13.0. The molecule has 18 heavy (non-hydrogen) atoms. The molecule has 0 N–H and O–H groups in total. The van der Waals surface area contributed by atoms with E-state index in [0.29, 0.717) is 0 Å². The van der Waals surface area contributed by atoms with Crippen LogP contribution in [-0.2, 0) is 11.3 Å². The number of hydrogen-bond acceptors (Lipinski definition) is 2. The number of ether oxygens (including phenoxy) is 1. The molecule has 2 aromatic carbocycles. The summed E-state index contributed by atoms with van der Waals surface area (Å²) in [5, 5.41) is 0. The van der Waals surface area contributed by atoms with E-state index in [1.807, 2.05) is 24.3 Å². The van der Waals surface area contributed by atoms with Crippen LogP contribution in [0.2, 0.25) is 0 Å². The van der Waals surface area contributed by atoms with Gasteiger partial charge in [0.15, 0.2) is 0 Å². The average molecular weight is 309 g/mol. The highest BCUT2D eigenvalue weighted by molar-refractivity contribution is 9.10. The molecule has 0 spiro atoms. The Labute approximate surface area is 113 Å². The molecule has 0 aliphatic heterocycles. The lowest BCUT2D eigenvalue weighted by Gasteiger charge is -2.06. The first kappa shape index (κ1) is 12.8. The minimum Gasteiger partial charge on any atom is -0.457 e. The lowest BCUT2D eigenvalue weighted by molar-refractivity contribution is 0.0467. The molecule has 0 atom stereocenters. The highest BCUT2D eigenvalue weighted by Crippen LogP contribution is 2.14. The first-order chi connectivity index (χ1) is 8.66. The molecule has 0 fully saturated rings.